The highest BCUT2D eigenvalue weighted by molar-refractivity contribution is 5.82. The van der Waals surface area contributed by atoms with Crippen molar-refractivity contribution in [3.8, 4) is 11.1 Å². The maximum atomic E-state index is 10.3. The molecule has 0 aromatic carbocycles. The highest BCUT2D eigenvalue weighted by Gasteiger charge is 2.04. The predicted octanol–water partition coefficient (Wildman–Crippen LogP) is 2.91. The Bertz CT molecular complexity index is 480. The van der Waals surface area contributed by atoms with E-state index < -0.39 is 0 Å². The van der Waals surface area contributed by atoms with Gasteiger partial charge in [-0.15, -0.1) is 0 Å². The van der Waals surface area contributed by atoms with E-state index >= 15 is 0 Å². The van der Waals surface area contributed by atoms with E-state index in [9.17, 15) is 4.79 Å². The summed E-state index contributed by atoms with van der Waals surface area (Å²) in [5, 5.41) is 2.59. The molecular formula is C12H8N2O. The lowest BCUT2D eigenvalue weighted by Gasteiger charge is -1.86. The van der Waals surface area contributed by atoms with Gasteiger partial charge in [0, 0.05) is 5.69 Å². The standard InChI is InChI=1S/C12H8N2O/c1-13-11-4-2-9-6-12(14-8-15)7-10(9)3-5-11/h2-8H,(H,14,15). The van der Waals surface area contributed by atoms with Crippen LogP contribution in [-0.2, 0) is 4.79 Å². The Morgan fingerprint density at radius 1 is 1.13 bits per heavy atom. The van der Waals surface area contributed by atoms with E-state index in [0.29, 0.717) is 12.1 Å². The van der Waals surface area contributed by atoms with Crippen LogP contribution in [0.25, 0.3) is 16.0 Å². The van der Waals surface area contributed by atoms with Gasteiger partial charge in [-0.2, -0.15) is 0 Å². The molecule has 0 bridgehead atoms. The van der Waals surface area contributed by atoms with Crippen LogP contribution < -0.4 is 5.32 Å². The van der Waals surface area contributed by atoms with Crippen molar-refractivity contribution < 1.29 is 4.79 Å². The van der Waals surface area contributed by atoms with E-state index in [0.717, 1.165) is 16.8 Å². The minimum absolute atomic E-state index is 0.607. The Hall–Kier alpha value is -2.34. The van der Waals surface area contributed by atoms with Crippen LogP contribution in [-0.4, -0.2) is 6.41 Å². The van der Waals surface area contributed by atoms with Crippen LogP contribution in [0.3, 0.4) is 0 Å². The van der Waals surface area contributed by atoms with Crippen LogP contribution >= 0.6 is 0 Å². The van der Waals surface area contributed by atoms with Crippen molar-refractivity contribution in [3.05, 3.63) is 47.8 Å². The third-order valence-corrected chi connectivity index (χ3v) is 2.18. The molecule has 0 heterocycles. The molecule has 0 saturated heterocycles. The molecule has 2 rings (SSSR count). The average Bonchev–Trinajstić information content (AvgIpc) is 2.52. The fourth-order valence-corrected chi connectivity index (χ4v) is 1.46. The first-order valence-electron chi connectivity index (χ1n) is 4.45. The van der Waals surface area contributed by atoms with Crippen LogP contribution in [0, 0.1) is 6.57 Å². The van der Waals surface area contributed by atoms with E-state index in [2.05, 4.69) is 10.2 Å². The fraction of sp³-hybridized carbons (Fsp3) is 0. The van der Waals surface area contributed by atoms with Crippen LogP contribution in [0.5, 0.6) is 0 Å². The Balaban J connectivity index is 2.51. The second-order valence-electron chi connectivity index (χ2n) is 3.12. The predicted molar refractivity (Wildman–Crippen MR) is 59.0 cm³/mol. The summed E-state index contributed by atoms with van der Waals surface area (Å²) in [6.45, 7) is 6.89. The number of carbonyl (C=O) groups is 1. The zero-order valence-electron chi connectivity index (χ0n) is 7.90. The van der Waals surface area contributed by atoms with Gasteiger partial charge in [0.2, 0.25) is 6.41 Å². The Kier molecular flexibility index (Phi) is 2.34. The van der Waals surface area contributed by atoms with Crippen molar-refractivity contribution in [3.63, 3.8) is 0 Å². The maximum absolute atomic E-state index is 10.3. The van der Waals surface area contributed by atoms with E-state index in [4.69, 9.17) is 6.57 Å². The number of amides is 1. The molecule has 2 aliphatic rings. The Morgan fingerprint density at radius 2 is 1.73 bits per heavy atom. The first-order chi connectivity index (χ1) is 7.33. The second kappa shape index (κ2) is 3.81. The van der Waals surface area contributed by atoms with Gasteiger partial charge >= 0.3 is 0 Å². The van der Waals surface area contributed by atoms with Gasteiger partial charge in [-0.3, -0.25) is 4.79 Å². The first kappa shape index (κ1) is 9.22. The average molecular weight is 196 g/mol. The maximum Gasteiger partial charge on any atom is 0.211 e. The van der Waals surface area contributed by atoms with Gasteiger partial charge in [0.15, 0.2) is 5.69 Å². The lowest BCUT2D eigenvalue weighted by Crippen LogP contribution is -1.89. The fourth-order valence-electron chi connectivity index (χ4n) is 1.46. The number of hydrogen-bond donors (Lipinski definition) is 1. The van der Waals surface area contributed by atoms with Gasteiger partial charge in [-0.1, -0.05) is 24.3 Å². The van der Waals surface area contributed by atoms with Crippen LogP contribution in [0.15, 0.2) is 36.4 Å². The molecule has 0 radical (unpaired) electrons. The van der Waals surface area contributed by atoms with E-state index in [1.807, 2.05) is 24.3 Å². The number of rotatable bonds is 2. The van der Waals surface area contributed by atoms with E-state index in [1.54, 1.807) is 12.1 Å². The summed E-state index contributed by atoms with van der Waals surface area (Å²) in [5.41, 5.74) is 3.40. The molecule has 1 N–H and O–H groups in total. The number of carbonyl (C=O) groups excluding carboxylic acids is 1. The van der Waals surface area contributed by atoms with Gasteiger partial charge in [-0.25, -0.2) is 4.85 Å². The number of fused-ring (bicyclic) bond motifs is 1. The quantitative estimate of drug-likeness (QED) is 0.581. The SMILES string of the molecule is [C-]#[N+]c1ccc2cc(NC=O)cc-2cc1. The topological polar surface area (TPSA) is 33.5 Å². The molecule has 2 aliphatic carbocycles. The molecule has 0 atom stereocenters. The molecule has 1 amide bonds. The van der Waals surface area contributed by atoms with Crippen LogP contribution in [0.2, 0.25) is 0 Å². The monoisotopic (exact) mass is 196 g/mol. The summed E-state index contributed by atoms with van der Waals surface area (Å²) in [6, 6.07) is 11.0. The van der Waals surface area contributed by atoms with E-state index in [-0.39, 0.29) is 0 Å². The van der Waals surface area contributed by atoms with Crippen molar-refractivity contribution in [1.29, 1.82) is 0 Å². The molecule has 0 aromatic rings. The lowest BCUT2D eigenvalue weighted by atomic mass is 10.2. The van der Waals surface area contributed by atoms with Gasteiger partial charge in [0.1, 0.15) is 0 Å². The Morgan fingerprint density at radius 3 is 2.20 bits per heavy atom. The first-order valence-corrected chi connectivity index (χ1v) is 4.45. The summed E-state index contributed by atoms with van der Waals surface area (Å²) in [6.07, 6.45) is 0.652. The van der Waals surface area contributed by atoms with Gasteiger partial charge in [0.25, 0.3) is 0 Å². The zero-order valence-corrected chi connectivity index (χ0v) is 7.90. The van der Waals surface area contributed by atoms with Crippen molar-refractivity contribution in [2.24, 2.45) is 0 Å². The zero-order chi connectivity index (χ0) is 10.7. The van der Waals surface area contributed by atoms with Crippen molar-refractivity contribution in [2.45, 2.75) is 0 Å². The van der Waals surface area contributed by atoms with Crippen molar-refractivity contribution in [1.82, 2.24) is 0 Å². The number of nitrogens with zero attached hydrogens (tertiary/aromatic N) is 1. The van der Waals surface area contributed by atoms with Crippen molar-refractivity contribution >= 4 is 17.8 Å². The van der Waals surface area contributed by atoms with Gasteiger partial charge in [0.05, 0.1) is 6.57 Å². The smallest absolute Gasteiger partial charge is 0.211 e. The second-order valence-corrected chi connectivity index (χ2v) is 3.12. The normalized spacial score (nSPS) is 9.53. The molecule has 0 aliphatic heterocycles. The highest BCUT2D eigenvalue weighted by atomic mass is 16.1. The molecule has 0 saturated carbocycles. The number of nitrogens with one attached hydrogen (secondary N) is 1. The molecule has 0 aromatic heterocycles. The molecule has 72 valence electrons. The highest BCUT2D eigenvalue weighted by Crippen LogP contribution is 2.29. The Labute approximate surface area is 87.5 Å². The number of anilines is 1. The summed E-state index contributed by atoms with van der Waals surface area (Å²) >= 11 is 0. The van der Waals surface area contributed by atoms with Crippen LogP contribution in [0.1, 0.15) is 0 Å². The molecule has 3 nitrogen and oxygen atoms in total. The third-order valence-electron chi connectivity index (χ3n) is 2.18. The molecule has 3 heteroatoms. The third kappa shape index (κ3) is 1.79. The number of hydrogen-bond acceptors (Lipinski definition) is 1. The minimum Gasteiger partial charge on any atom is -0.329 e. The molecule has 0 spiro atoms. The summed E-state index contributed by atoms with van der Waals surface area (Å²) in [7, 11) is 0. The summed E-state index contributed by atoms with van der Waals surface area (Å²) in [5.74, 6) is 0. The molecule has 0 unspecified atom stereocenters. The largest absolute Gasteiger partial charge is 0.329 e. The minimum atomic E-state index is 0.607. The van der Waals surface area contributed by atoms with E-state index in [1.165, 1.54) is 0 Å². The lowest BCUT2D eigenvalue weighted by molar-refractivity contribution is -0.105. The van der Waals surface area contributed by atoms with Gasteiger partial charge in [-0.05, 0) is 23.3 Å². The summed E-state index contributed by atoms with van der Waals surface area (Å²) < 4.78 is 0. The van der Waals surface area contributed by atoms with Gasteiger partial charge < -0.3 is 5.32 Å². The molecule has 0 fully saturated rings. The van der Waals surface area contributed by atoms with Crippen molar-refractivity contribution in [2.75, 3.05) is 5.32 Å². The van der Waals surface area contributed by atoms with Crippen LogP contribution in [0.4, 0.5) is 11.4 Å². The summed E-state index contributed by atoms with van der Waals surface area (Å²) in [4.78, 5) is 13.6. The molecule has 15 heavy (non-hydrogen) atoms. The molecular weight excluding hydrogens is 188 g/mol.